The van der Waals surface area contributed by atoms with Gasteiger partial charge < -0.3 is 84.7 Å². The van der Waals surface area contributed by atoms with Crippen LogP contribution in [0.5, 0.6) is 0 Å². The molecule has 5 N–H and O–H groups in total. The highest BCUT2D eigenvalue weighted by atomic mass is 127. The molecule has 139 heavy (non-hydrogen) atoms. The lowest BCUT2D eigenvalue weighted by Crippen LogP contribution is -2.49. The van der Waals surface area contributed by atoms with Gasteiger partial charge >= 0.3 is 0 Å². The summed E-state index contributed by atoms with van der Waals surface area (Å²) < 4.78 is 71.8. The Bertz CT molecular complexity index is 6020. The van der Waals surface area contributed by atoms with Gasteiger partial charge in [0.25, 0.3) is 0 Å². The molecule has 5 amide bonds. The molecule has 5 aromatic carbocycles. The number of carbonyl (C=O) groups is 6. The topological polar surface area (TPSA) is 400 Å². The van der Waals surface area contributed by atoms with E-state index in [4.69, 9.17) is 84.5 Å². The predicted molar refractivity (Wildman–Crippen MR) is 535 cm³/mol. The van der Waals surface area contributed by atoms with E-state index < -0.39 is 35.5 Å². The van der Waals surface area contributed by atoms with Gasteiger partial charge in [0.2, 0.25) is 83.1 Å². The number of rotatable bonds is 37. The van der Waals surface area contributed by atoms with Crippen molar-refractivity contribution < 1.29 is 60.9 Å². The standard InChI is InChI=1S/C44H50F3IN10O5.C27H36BrN9O3.C25H35N9O2/c1-29-50-35-9-4-5-10-36(35)58(29)44-53-42(52-43(54-44)57-22-25-62-26-23-57)56-20-18-55(19-21-56)39(61)12-3-2-7-17-49-38(60)11-6-8-24-63-28-37(59)31-14-15-32(45)40(47)41(31)51-34-16-13-30(48)27-33(34)46;1-20-30-21-7-4-5-8-22(21)37(20)27-32-25(31-26(33-27)36-15-17-40-18-16-36)35-13-11-34(12-14-35)24(39)9-3-2-6-10-29-23(38)19-28;1-19-27-20-7-4-5-8-21(20)34(19)25-29-23(28-24(30-25)33-15-17-36-18-16-33)32-13-11-31(12-14-32)22(35)9-3-2-6-10-26/h4-5,9-10,13-16,27,51H,2-3,6-8,11-12,17-26,28H2,1H3,(H,49,60);4-5,7-8H,2-3,6,9-19H2,1H3,(H,29,38);4-5,7-8H,2-3,6,9-18,26H2,1H3. The van der Waals surface area contributed by atoms with Gasteiger partial charge in [-0.2, -0.15) is 44.9 Å². The fraction of sp³-hybridized carbons (Fsp3) is 0.500. The van der Waals surface area contributed by atoms with Crippen LogP contribution in [0.3, 0.4) is 0 Å². The molecule has 11 aromatic rings. The van der Waals surface area contributed by atoms with Gasteiger partial charge in [-0.3, -0.25) is 42.5 Å². The van der Waals surface area contributed by atoms with E-state index in [-0.39, 0.29) is 53.8 Å². The number of Topliss-reactive ketones (excluding diaryl/α,β-unsaturated/α-hetero) is 1. The molecule has 6 saturated heterocycles. The Morgan fingerprint density at radius 1 is 0.396 bits per heavy atom. The number of ketones is 1. The van der Waals surface area contributed by atoms with Crippen molar-refractivity contribution in [2.75, 3.05) is 230 Å². The number of hydrogen-bond donors (Lipinski definition) is 4. The number of amides is 5. The summed E-state index contributed by atoms with van der Waals surface area (Å²) in [7, 11) is 0. The Kier molecular flexibility index (Phi) is 36.6. The number of piperazine rings is 3. The molecule has 6 aliphatic rings. The molecule has 43 heteroatoms. The third-order valence-corrected chi connectivity index (χ3v) is 26.2. The fourth-order valence-electron chi connectivity index (χ4n) is 17.3. The number of nitrogens with zero attached hydrogens (tertiary/aromatic N) is 24. The fourth-order valence-corrected chi connectivity index (χ4v) is 18.0. The molecule has 12 heterocycles. The maximum Gasteiger partial charge on any atom is 0.242 e. The first-order valence-corrected chi connectivity index (χ1v) is 50.2. The number of alkyl halides is 1. The van der Waals surface area contributed by atoms with Crippen LogP contribution in [0.25, 0.3) is 50.9 Å². The van der Waals surface area contributed by atoms with Crippen molar-refractivity contribution in [2.45, 2.75) is 117 Å². The summed E-state index contributed by atoms with van der Waals surface area (Å²) in [5.41, 5.74) is 10.3. The number of halogens is 5. The highest BCUT2D eigenvalue weighted by molar-refractivity contribution is 14.1. The third kappa shape index (κ3) is 27.0. The molecule has 0 unspecified atom stereocenters. The molecule has 6 aliphatic heterocycles. The lowest BCUT2D eigenvalue weighted by atomic mass is 10.1. The van der Waals surface area contributed by atoms with Crippen LogP contribution in [0.15, 0.2) is 103 Å². The van der Waals surface area contributed by atoms with Gasteiger partial charge in [0.15, 0.2) is 17.4 Å². The highest BCUT2D eigenvalue weighted by Gasteiger charge is 2.33. The van der Waals surface area contributed by atoms with E-state index in [0.717, 1.165) is 140 Å². The summed E-state index contributed by atoms with van der Waals surface area (Å²) in [5.74, 6) is 4.33. The molecule has 0 spiro atoms. The molecule has 17 rings (SSSR count). The maximum atomic E-state index is 14.7. The summed E-state index contributed by atoms with van der Waals surface area (Å²) in [6.45, 7) is 23.0. The lowest BCUT2D eigenvalue weighted by molar-refractivity contribution is -0.132. The van der Waals surface area contributed by atoms with Crippen molar-refractivity contribution in [2.24, 2.45) is 5.73 Å². The van der Waals surface area contributed by atoms with Crippen molar-refractivity contribution >= 4 is 154 Å². The molecular formula is C96H121BrF3IN28O10. The van der Waals surface area contributed by atoms with Crippen molar-refractivity contribution in [3.05, 3.63) is 147 Å². The number of para-hydroxylation sites is 6. The number of imidazole rings is 3. The second-order valence-corrected chi connectivity index (χ2v) is 36.4. The number of nitrogens with one attached hydrogen (secondary N) is 3. The van der Waals surface area contributed by atoms with E-state index in [0.29, 0.717) is 252 Å². The summed E-state index contributed by atoms with van der Waals surface area (Å²) in [6, 6.07) is 30.0. The van der Waals surface area contributed by atoms with Crippen molar-refractivity contribution in [3.63, 3.8) is 0 Å². The number of aromatic nitrogens is 15. The molecular weight excluding hydrogens is 1970 g/mol. The number of carbonyl (C=O) groups excluding carboxylic acids is 6. The number of hydrogen-bond acceptors (Lipinski definition) is 30. The molecule has 0 saturated carbocycles. The zero-order chi connectivity index (χ0) is 97.1. The summed E-state index contributed by atoms with van der Waals surface area (Å²) in [6.07, 6.45) is 10.6. The van der Waals surface area contributed by atoms with Crippen LogP contribution >= 0.6 is 38.5 Å². The zero-order valence-corrected chi connectivity index (χ0v) is 82.7. The number of unbranched alkanes of at least 4 members (excludes halogenated alkanes) is 7. The zero-order valence-electron chi connectivity index (χ0n) is 78.9. The Balaban J connectivity index is 0.000000166. The Labute approximate surface area is 826 Å². The van der Waals surface area contributed by atoms with Crippen molar-refractivity contribution in [1.82, 2.24) is 98.8 Å². The number of nitrogens with two attached hydrogens (primary N) is 1. The second kappa shape index (κ2) is 50.2. The first-order valence-electron chi connectivity index (χ1n) is 48.0. The molecule has 0 radical (unpaired) electrons. The van der Waals surface area contributed by atoms with Gasteiger partial charge in [0.05, 0.1) is 89.4 Å². The van der Waals surface area contributed by atoms with Gasteiger partial charge in [-0.1, -0.05) is 71.6 Å². The molecule has 6 fully saturated rings. The molecule has 6 aromatic heterocycles. The number of benzene rings is 5. The average Bonchev–Trinajstić information content (AvgIpc) is 1.64. The molecule has 0 bridgehead atoms. The monoisotopic (exact) mass is 2090 g/mol. The van der Waals surface area contributed by atoms with Crippen LogP contribution in [0.2, 0.25) is 0 Å². The van der Waals surface area contributed by atoms with Gasteiger partial charge in [0, 0.05) is 172 Å². The second-order valence-electron chi connectivity index (χ2n) is 34.6. The highest BCUT2D eigenvalue weighted by Crippen LogP contribution is 2.33. The summed E-state index contributed by atoms with van der Waals surface area (Å²) in [5, 5.41) is 8.57. The quantitative estimate of drug-likeness (QED) is 0.0122. The smallest absolute Gasteiger partial charge is 0.242 e. The van der Waals surface area contributed by atoms with E-state index in [1.165, 1.54) is 12.1 Å². The first-order chi connectivity index (χ1) is 67.7. The van der Waals surface area contributed by atoms with E-state index in [1.54, 1.807) is 6.07 Å². The SMILES string of the molecule is Cc1nc2ccccc2n1-c1nc(N2CCOCC2)nc(N2CCN(C(=O)CCCCCN)CC2)n1.Cc1nc2ccccc2n1-c1nc(N2CCOCC2)nc(N2CCN(C(=O)CCCCCNC(=O)CBr)CC2)n1.Cc1nc2ccccc2n1-c1nc(N2CCOCC2)nc(N2CCN(C(=O)CCCCCNC(=O)CCCCOCC(=O)c3ccc(F)c(F)c3Nc3ccc(I)cc3F)CC2)n1. The van der Waals surface area contributed by atoms with Crippen molar-refractivity contribution in [1.29, 1.82) is 0 Å². The number of morpholine rings is 3. The third-order valence-electron chi connectivity index (χ3n) is 25.0. The maximum absolute atomic E-state index is 14.7. The normalized spacial score (nSPS) is 15.4. The Morgan fingerprint density at radius 2 is 0.748 bits per heavy atom. The predicted octanol–water partition coefficient (Wildman–Crippen LogP) is 10.1. The van der Waals surface area contributed by atoms with Crippen LogP contribution in [0.4, 0.5) is 60.2 Å². The minimum absolute atomic E-state index is 0.00942. The summed E-state index contributed by atoms with van der Waals surface area (Å²) >= 11 is 5.06. The average molecular weight is 2090 g/mol. The molecule has 0 aliphatic carbocycles. The van der Waals surface area contributed by atoms with Crippen LogP contribution in [-0.2, 0) is 42.9 Å². The number of fused-ring (bicyclic) bond motifs is 3. The molecule has 38 nitrogen and oxygen atoms in total. The van der Waals surface area contributed by atoms with Gasteiger partial charge in [-0.05, 0) is 168 Å². The van der Waals surface area contributed by atoms with Crippen LogP contribution in [-0.4, -0.2) is 319 Å². The van der Waals surface area contributed by atoms with Gasteiger partial charge in [-0.15, -0.1) is 0 Å². The van der Waals surface area contributed by atoms with E-state index in [1.807, 2.05) is 145 Å². The van der Waals surface area contributed by atoms with Gasteiger partial charge in [-0.25, -0.2) is 28.1 Å². The Morgan fingerprint density at radius 3 is 1.12 bits per heavy atom. The van der Waals surface area contributed by atoms with Crippen LogP contribution < -0.4 is 51.1 Å². The van der Waals surface area contributed by atoms with Crippen LogP contribution in [0, 0.1) is 41.8 Å². The minimum atomic E-state index is -1.30. The summed E-state index contributed by atoms with van der Waals surface area (Å²) in [4.78, 5) is 152. The molecule has 0 atom stereocenters. The first kappa shape index (κ1) is 101. The number of aryl methyl sites for hydroxylation is 3. The van der Waals surface area contributed by atoms with Gasteiger partial charge in [0.1, 0.15) is 29.9 Å². The van der Waals surface area contributed by atoms with Crippen molar-refractivity contribution in [3.8, 4) is 17.8 Å². The molecule has 740 valence electrons. The number of anilines is 8. The van der Waals surface area contributed by atoms with Crippen LogP contribution in [0.1, 0.15) is 124 Å². The lowest BCUT2D eigenvalue weighted by Gasteiger charge is -2.35. The number of ether oxygens (including phenoxy) is 4. The Hall–Kier alpha value is -12.0. The van der Waals surface area contributed by atoms with E-state index >= 15 is 0 Å². The minimum Gasteiger partial charge on any atom is -0.378 e. The largest absolute Gasteiger partial charge is 0.378 e. The van der Waals surface area contributed by atoms with E-state index in [2.05, 4.69) is 61.3 Å². The van der Waals surface area contributed by atoms with E-state index in [9.17, 15) is 41.9 Å².